The summed E-state index contributed by atoms with van der Waals surface area (Å²) in [5.74, 6) is 0.0246. The van der Waals surface area contributed by atoms with Crippen LogP contribution in [0.15, 0.2) is 30.5 Å². The van der Waals surface area contributed by atoms with Crippen LogP contribution < -0.4 is 9.80 Å². The van der Waals surface area contributed by atoms with Gasteiger partial charge < -0.3 is 9.80 Å². The van der Waals surface area contributed by atoms with Crippen molar-refractivity contribution in [1.82, 2.24) is 9.78 Å². The molecule has 122 valence electrons. The van der Waals surface area contributed by atoms with Crippen LogP contribution in [0.5, 0.6) is 0 Å². The molecule has 0 aliphatic carbocycles. The zero-order valence-electron chi connectivity index (χ0n) is 14.5. The molecule has 0 atom stereocenters. The second-order valence-corrected chi connectivity index (χ2v) is 7.07. The highest BCUT2D eigenvalue weighted by Crippen LogP contribution is 2.37. The number of nitrogens with zero attached hydrogens (tertiary/aromatic N) is 4. The fourth-order valence-corrected chi connectivity index (χ4v) is 3.22. The summed E-state index contributed by atoms with van der Waals surface area (Å²) in [6.07, 6.45) is 1.80. The SMILES string of the molecule is Cc1nn(C)cc1C(=O)N1CCN(C(C)(C)C)c2ccccc21. The van der Waals surface area contributed by atoms with Crippen molar-refractivity contribution in [3.05, 3.63) is 41.7 Å². The molecule has 1 aromatic carbocycles. The van der Waals surface area contributed by atoms with Crippen molar-refractivity contribution < 1.29 is 4.79 Å². The van der Waals surface area contributed by atoms with Gasteiger partial charge in [0.25, 0.3) is 5.91 Å². The Balaban J connectivity index is 2.02. The monoisotopic (exact) mass is 312 g/mol. The summed E-state index contributed by atoms with van der Waals surface area (Å²) < 4.78 is 1.69. The van der Waals surface area contributed by atoms with E-state index in [0.717, 1.165) is 23.6 Å². The maximum Gasteiger partial charge on any atom is 0.261 e. The molecule has 23 heavy (non-hydrogen) atoms. The number of amides is 1. The lowest BCUT2D eigenvalue weighted by molar-refractivity contribution is 0.0985. The third kappa shape index (κ3) is 2.71. The van der Waals surface area contributed by atoms with Crippen molar-refractivity contribution in [2.24, 2.45) is 7.05 Å². The minimum Gasteiger partial charge on any atom is -0.363 e. The summed E-state index contributed by atoms with van der Waals surface area (Å²) in [5.41, 5.74) is 3.55. The maximum absolute atomic E-state index is 13.0. The molecule has 2 aromatic rings. The van der Waals surface area contributed by atoms with Crippen molar-refractivity contribution in [3.8, 4) is 0 Å². The Labute approximate surface area is 137 Å². The summed E-state index contributed by atoms with van der Waals surface area (Å²) >= 11 is 0. The molecule has 0 bridgehead atoms. The number of anilines is 2. The van der Waals surface area contributed by atoms with E-state index in [4.69, 9.17) is 0 Å². The van der Waals surface area contributed by atoms with Crippen LogP contribution in [0.4, 0.5) is 11.4 Å². The highest BCUT2D eigenvalue weighted by molar-refractivity contribution is 6.09. The maximum atomic E-state index is 13.0. The Morgan fingerprint density at radius 1 is 1.13 bits per heavy atom. The van der Waals surface area contributed by atoms with Gasteiger partial charge in [-0.2, -0.15) is 5.10 Å². The molecule has 0 saturated carbocycles. The van der Waals surface area contributed by atoms with Crippen LogP contribution in [-0.2, 0) is 7.05 Å². The smallest absolute Gasteiger partial charge is 0.261 e. The van der Waals surface area contributed by atoms with Gasteiger partial charge >= 0.3 is 0 Å². The van der Waals surface area contributed by atoms with E-state index >= 15 is 0 Å². The Kier molecular flexibility index (Phi) is 3.66. The van der Waals surface area contributed by atoms with Gasteiger partial charge in [-0.15, -0.1) is 0 Å². The van der Waals surface area contributed by atoms with E-state index in [1.165, 1.54) is 0 Å². The molecule has 1 amide bonds. The minimum absolute atomic E-state index is 0.0233. The molecule has 1 aliphatic rings. The summed E-state index contributed by atoms with van der Waals surface area (Å²) in [6, 6.07) is 8.13. The Bertz CT molecular complexity index is 742. The van der Waals surface area contributed by atoms with Gasteiger partial charge in [-0.1, -0.05) is 12.1 Å². The molecule has 5 nitrogen and oxygen atoms in total. The van der Waals surface area contributed by atoms with Gasteiger partial charge in [0, 0.05) is 31.9 Å². The highest BCUT2D eigenvalue weighted by Gasteiger charge is 2.33. The Hall–Kier alpha value is -2.30. The van der Waals surface area contributed by atoms with Crippen LogP contribution in [0.25, 0.3) is 0 Å². The zero-order chi connectivity index (χ0) is 16.8. The van der Waals surface area contributed by atoms with Gasteiger partial charge in [0.1, 0.15) is 0 Å². The Morgan fingerprint density at radius 3 is 2.35 bits per heavy atom. The van der Waals surface area contributed by atoms with Crippen molar-refractivity contribution in [1.29, 1.82) is 0 Å². The average molecular weight is 312 g/mol. The number of rotatable bonds is 1. The number of benzene rings is 1. The molecule has 5 heteroatoms. The third-order valence-electron chi connectivity index (χ3n) is 4.31. The molecular formula is C18H24N4O. The number of para-hydroxylation sites is 2. The second-order valence-electron chi connectivity index (χ2n) is 7.07. The lowest BCUT2D eigenvalue weighted by Gasteiger charge is -2.44. The topological polar surface area (TPSA) is 41.4 Å². The van der Waals surface area contributed by atoms with Crippen LogP contribution in [0.2, 0.25) is 0 Å². The van der Waals surface area contributed by atoms with Crippen LogP contribution in [0, 0.1) is 6.92 Å². The minimum atomic E-state index is 0.0233. The molecule has 3 rings (SSSR count). The quantitative estimate of drug-likeness (QED) is 0.813. The molecule has 1 aromatic heterocycles. The molecule has 0 fully saturated rings. The van der Waals surface area contributed by atoms with Crippen LogP contribution in [0.3, 0.4) is 0 Å². The standard InChI is InChI=1S/C18H24N4O/c1-13-14(12-20(5)19-13)17(23)21-10-11-22(18(2,3)4)16-9-7-6-8-15(16)21/h6-9,12H,10-11H2,1-5H3. The van der Waals surface area contributed by atoms with E-state index in [-0.39, 0.29) is 11.4 Å². The molecular weight excluding hydrogens is 288 g/mol. The highest BCUT2D eigenvalue weighted by atomic mass is 16.2. The van der Waals surface area contributed by atoms with E-state index in [9.17, 15) is 4.79 Å². The summed E-state index contributed by atoms with van der Waals surface area (Å²) in [6.45, 7) is 9.99. The second kappa shape index (κ2) is 5.41. The van der Waals surface area contributed by atoms with E-state index < -0.39 is 0 Å². The molecule has 0 saturated heterocycles. The van der Waals surface area contributed by atoms with E-state index in [1.807, 2.05) is 37.1 Å². The van der Waals surface area contributed by atoms with Gasteiger partial charge in [0.05, 0.1) is 22.6 Å². The molecule has 0 spiro atoms. The predicted molar refractivity (Wildman–Crippen MR) is 93.2 cm³/mol. The third-order valence-corrected chi connectivity index (χ3v) is 4.31. The number of carbonyl (C=O) groups is 1. The number of hydrogen-bond donors (Lipinski definition) is 0. The van der Waals surface area contributed by atoms with Crippen molar-refractivity contribution in [2.45, 2.75) is 33.2 Å². The molecule has 2 heterocycles. The Morgan fingerprint density at radius 2 is 1.78 bits per heavy atom. The average Bonchev–Trinajstić information content (AvgIpc) is 2.83. The number of aryl methyl sites for hydroxylation is 2. The van der Waals surface area contributed by atoms with Gasteiger partial charge in [0.2, 0.25) is 0 Å². The van der Waals surface area contributed by atoms with Gasteiger partial charge in [-0.3, -0.25) is 9.48 Å². The number of carbonyl (C=O) groups excluding carboxylic acids is 1. The van der Waals surface area contributed by atoms with Crippen LogP contribution >= 0.6 is 0 Å². The van der Waals surface area contributed by atoms with Crippen molar-refractivity contribution in [3.63, 3.8) is 0 Å². The summed E-state index contributed by atoms with van der Waals surface area (Å²) in [7, 11) is 1.84. The van der Waals surface area contributed by atoms with Gasteiger partial charge in [0.15, 0.2) is 0 Å². The number of hydrogen-bond acceptors (Lipinski definition) is 3. The molecule has 0 radical (unpaired) electrons. The first kappa shape index (κ1) is 15.6. The first-order chi connectivity index (χ1) is 10.8. The lowest BCUT2D eigenvalue weighted by Crippen LogP contribution is -2.51. The van der Waals surface area contributed by atoms with E-state index in [1.54, 1.807) is 10.9 Å². The van der Waals surface area contributed by atoms with Gasteiger partial charge in [-0.25, -0.2) is 0 Å². The fraction of sp³-hybridized carbons (Fsp3) is 0.444. The predicted octanol–water partition coefficient (Wildman–Crippen LogP) is 2.99. The van der Waals surface area contributed by atoms with Gasteiger partial charge in [-0.05, 0) is 39.8 Å². The van der Waals surface area contributed by atoms with Crippen molar-refractivity contribution >= 4 is 17.3 Å². The van der Waals surface area contributed by atoms with Crippen molar-refractivity contribution in [2.75, 3.05) is 22.9 Å². The first-order valence-electron chi connectivity index (χ1n) is 7.98. The van der Waals surface area contributed by atoms with E-state index in [2.05, 4.69) is 36.8 Å². The largest absolute Gasteiger partial charge is 0.363 e. The summed E-state index contributed by atoms with van der Waals surface area (Å²) in [4.78, 5) is 17.2. The van der Waals surface area contributed by atoms with Crippen LogP contribution in [-0.4, -0.2) is 34.3 Å². The molecule has 0 unspecified atom stereocenters. The zero-order valence-corrected chi connectivity index (χ0v) is 14.5. The first-order valence-corrected chi connectivity index (χ1v) is 7.98. The lowest BCUT2D eigenvalue weighted by atomic mass is 10.0. The summed E-state index contributed by atoms with van der Waals surface area (Å²) in [5, 5.41) is 4.30. The molecule has 0 N–H and O–H groups in total. The normalized spacial score (nSPS) is 14.8. The molecule has 1 aliphatic heterocycles. The van der Waals surface area contributed by atoms with Crippen LogP contribution in [0.1, 0.15) is 36.8 Å². The number of aromatic nitrogens is 2. The fourth-order valence-electron chi connectivity index (χ4n) is 3.22. The van der Waals surface area contributed by atoms with E-state index in [0.29, 0.717) is 12.1 Å². The number of fused-ring (bicyclic) bond motifs is 1.